The molecule has 2 nitrogen and oxygen atoms in total. The largest absolute Gasteiger partial charge is 0.496 e. The van der Waals surface area contributed by atoms with Crippen molar-refractivity contribution in [3.8, 4) is 5.75 Å². The SMILES string of the molecule is COc1cc(CCl)ccc1C(=O)CCBr. The summed E-state index contributed by atoms with van der Waals surface area (Å²) in [6.45, 7) is 0. The van der Waals surface area contributed by atoms with Crippen LogP contribution in [0.15, 0.2) is 18.2 Å². The summed E-state index contributed by atoms with van der Waals surface area (Å²) in [6.07, 6.45) is 0.469. The van der Waals surface area contributed by atoms with Gasteiger partial charge in [-0.3, -0.25) is 4.79 Å². The van der Waals surface area contributed by atoms with Gasteiger partial charge in [-0.1, -0.05) is 22.0 Å². The molecule has 0 aromatic heterocycles. The van der Waals surface area contributed by atoms with Crippen molar-refractivity contribution in [1.82, 2.24) is 0 Å². The minimum atomic E-state index is 0.0739. The zero-order valence-corrected chi connectivity index (χ0v) is 10.8. The van der Waals surface area contributed by atoms with Gasteiger partial charge in [0.25, 0.3) is 0 Å². The van der Waals surface area contributed by atoms with Crippen LogP contribution >= 0.6 is 27.5 Å². The van der Waals surface area contributed by atoms with Crippen LogP contribution in [0.4, 0.5) is 0 Å². The quantitative estimate of drug-likeness (QED) is 0.614. The average molecular weight is 292 g/mol. The molecule has 0 radical (unpaired) electrons. The topological polar surface area (TPSA) is 26.3 Å². The van der Waals surface area contributed by atoms with Crippen molar-refractivity contribution in [3.05, 3.63) is 29.3 Å². The van der Waals surface area contributed by atoms with Crippen LogP contribution in [0.25, 0.3) is 0 Å². The molecular weight excluding hydrogens is 279 g/mol. The van der Waals surface area contributed by atoms with Crippen LogP contribution in [0, 0.1) is 0 Å². The fraction of sp³-hybridized carbons (Fsp3) is 0.364. The summed E-state index contributed by atoms with van der Waals surface area (Å²) in [5, 5.41) is 0.659. The number of hydrogen-bond donors (Lipinski definition) is 0. The minimum Gasteiger partial charge on any atom is -0.496 e. The molecule has 0 heterocycles. The number of carbonyl (C=O) groups is 1. The van der Waals surface area contributed by atoms with Crippen LogP contribution < -0.4 is 4.74 Å². The van der Waals surface area contributed by atoms with E-state index in [-0.39, 0.29) is 5.78 Å². The van der Waals surface area contributed by atoms with Crippen LogP contribution in [0.3, 0.4) is 0 Å². The maximum atomic E-state index is 11.7. The van der Waals surface area contributed by atoms with Crippen molar-refractivity contribution < 1.29 is 9.53 Å². The Balaban J connectivity index is 3.02. The standard InChI is InChI=1S/C11H12BrClO2/c1-15-11-6-8(7-13)2-3-9(11)10(14)4-5-12/h2-3,6H,4-5,7H2,1H3. The molecule has 0 spiro atoms. The first kappa shape index (κ1) is 12.5. The fourth-order valence-corrected chi connectivity index (χ4v) is 1.80. The van der Waals surface area contributed by atoms with Crippen molar-refractivity contribution in [3.63, 3.8) is 0 Å². The summed E-state index contributed by atoms with van der Waals surface area (Å²) >= 11 is 8.94. The van der Waals surface area contributed by atoms with Crippen molar-refractivity contribution in [2.75, 3.05) is 12.4 Å². The monoisotopic (exact) mass is 290 g/mol. The van der Waals surface area contributed by atoms with E-state index in [4.69, 9.17) is 16.3 Å². The first-order valence-corrected chi connectivity index (χ1v) is 6.20. The lowest BCUT2D eigenvalue weighted by atomic mass is 10.1. The summed E-state index contributed by atoms with van der Waals surface area (Å²) in [6, 6.07) is 5.41. The first-order chi connectivity index (χ1) is 7.22. The maximum absolute atomic E-state index is 11.7. The Labute approximate surface area is 103 Å². The summed E-state index contributed by atoms with van der Waals surface area (Å²) < 4.78 is 5.16. The second-order valence-electron chi connectivity index (χ2n) is 3.03. The Bertz CT molecular complexity index is 352. The van der Waals surface area contributed by atoms with Crippen molar-refractivity contribution in [1.29, 1.82) is 0 Å². The highest BCUT2D eigenvalue weighted by atomic mass is 79.9. The number of methoxy groups -OCH3 is 1. The molecule has 0 aliphatic heterocycles. The summed E-state index contributed by atoms with van der Waals surface area (Å²) in [4.78, 5) is 11.7. The van der Waals surface area contributed by atoms with Crippen LogP contribution in [0.1, 0.15) is 22.3 Å². The van der Waals surface area contributed by atoms with Gasteiger partial charge in [0, 0.05) is 17.6 Å². The third-order valence-corrected chi connectivity index (χ3v) is 2.75. The summed E-state index contributed by atoms with van der Waals surface area (Å²) in [7, 11) is 1.55. The molecule has 0 unspecified atom stereocenters. The van der Waals surface area contributed by atoms with E-state index in [0.29, 0.717) is 28.9 Å². The molecule has 0 saturated carbocycles. The molecule has 0 fully saturated rings. The molecule has 15 heavy (non-hydrogen) atoms. The molecule has 0 amide bonds. The van der Waals surface area contributed by atoms with Gasteiger partial charge in [-0.2, -0.15) is 0 Å². The van der Waals surface area contributed by atoms with Crippen LogP contribution in [0.5, 0.6) is 5.75 Å². The highest BCUT2D eigenvalue weighted by Gasteiger charge is 2.11. The molecule has 0 aliphatic rings. The predicted molar refractivity (Wildman–Crippen MR) is 65.3 cm³/mol. The summed E-state index contributed by atoms with van der Waals surface area (Å²) in [5.74, 6) is 1.09. The number of benzene rings is 1. The number of ketones is 1. The van der Waals surface area contributed by atoms with E-state index in [2.05, 4.69) is 15.9 Å². The van der Waals surface area contributed by atoms with Gasteiger partial charge in [-0.25, -0.2) is 0 Å². The lowest BCUT2D eigenvalue weighted by Crippen LogP contribution is -2.03. The molecule has 0 saturated heterocycles. The van der Waals surface area contributed by atoms with Crippen molar-refractivity contribution in [2.45, 2.75) is 12.3 Å². The van der Waals surface area contributed by atoms with Gasteiger partial charge in [0.05, 0.1) is 12.7 Å². The number of Topliss-reactive ketones (excluding diaryl/α,β-unsaturated/α-hetero) is 1. The molecule has 1 aromatic carbocycles. The van der Waals surface area contributed by atoms with Gasteiger partial charge in [0.1, 0.15) is 5.75 Å². The molecular formula is C11H12BrClO2. The molecule has 1 aromatic rings. The van der Waals surface area contributed by atoms with Gasteiger partial charge >= 0.3 is 0 Å². The zero-order valence-electron chi connectivity index (χ0n) is 8.43. The average Bonchev–Trinajstić information content (AvgIpc) is 2.28. The maximum Gasteiger partial charge on any atom is 0.167 e. The van der Waals surface area contributed by atoms with Crippen molar-refractivity contribution >= 4 is 33.3 Å². The number of alkyl halides is 2. The van der Waals surface area contributed by atoms with E-state index in [1.54, 1.807) is 19.2 Å². The molecule has 1 rings (SSSR count). The van der Waals surface area contributed by atoms with Crippen LogP contribution in [-0.4, -0.2) is 18.2 Å². The zero-order chi connectivity index (χ0) is 11.3. The Kier molecular flexibility index (Phi) is 5.12. The van der Waals surface area contributed by atoms with Gasteiger partial charge in [-0.15, -0.1) is 11.6 Å². The van der Waals surface area contributed by atoms with Gasteiger partial charge in [-0.05, 0) is 17.7 Å². The highest BCUT2D eigenvalue weighted by molar-refractivity contribution is 9.09. The Morgan fingerprint density at radius 2 is 2.27 bits per heavy atom. The number of rotatable bonds is 5. The third kappa shape index (κ3) is 3.21. The lowest BCUT2D eigenvalue weighted by Gasteiger charge is -2.08. The van der Waals surface area contributed by atoms with E-state index >= 15 is 0 Å². The van der Waals surface area contributed by atoms with Gasteiger partial charge < -0.3 is 4.74 Å². The van der Waals surface area contributed by atoms with Crippen LogP contribution in [-0.2, 0) is 5.88 Å². The number of carbonyl (C=O) groups excluding carboxylic acids is 1. The van der Waals surface area contributed by atoms with E-state index in [0.717, 1.165) is 5.56 Å². The molecule has 82 valence electrons. The van der Waals surface area contributed by atoms with E-state index < -0.39 is 0 Å². The Hall–Kier alpha value is -0.540. The third-order valence-electron chi connectivity index (χ3n) is 2.04. The molecule has 0 aliphatic carbocycles. The minimum absolute atomic E-state index is 0.0739. The number of ether oxygens (including phenoxy) is 1. The molecule has 0 bridgehead atoms. The first-order valence-electron chi connectivity index (χ1n) is 4.55. The Morgan fingerprint density at radius 1 is 1.53 bits per heavy atom. The Morgan fingerprint density at radius 3 is 2.80 bits per heavy atom. The van der Waals surface area contributed by atoms with E-state index in [1.807, 2.05) is 6.07 Å². The number of hydrogen-bond acceptors (Lipinski definition) is 2. The fourth-order valence-electron chi connectivity index (χ4n) is 1.27. The van der Waals surface area contributed by atoms with E-state index in [9.17, 15) is 4.79 Å². The van der Waals surface area contributed by atoms with Crippen LogP contribution in [0.2, 0.25) is 0 Å². The van der Waals surface area contributed by atoms with Gasteiger partial charge in [0.15, 0.2) is 5.78 Å². The second kappa shape index (κ2) is 6.13. The van der Waals surface area contributed by atoms with E-state index in [1.165, 1.54) is 0 Å². The number of halogens is 2. The molecule has 0 N–H and O–H groups in total. The van der Waals surface area contributed by atoms with Crippen molar-refractivity contribution in [2.24, 2.45) is 0 Å². The lowest BCUT2D eigenvalue weighted by molar-refractivity contribution is 0.0987. The summed E-state index contributed by atoms with van der Waals surface area (Å²) in [5.41, 5.74) is 1.56. The highest BCUT2D eigenvalue weighted by Crippen LogP contribution is 2.22. The predicted octanol–water partition coefficient (Wildman–Crippen LogP) is 3.40. The second-order valence-corrected chi connectivity index (χ2v) is 4.09. The molecule has 4 heteroatoms. The smallest absolute Gasteiger partial charge is 0.167 e. The molecule has 0 atom stereocenters. The normalized spacial score (nSPS) is 10.1. The van der Waals surface area contributed by atoms with Gasteiger partial charge in [0.2, 0.25) is 0 Å².